The van der Waals surface area contributed by atoms with Crippen molar-refractivity contribution >= 4 is 18.1 Å². The summed E-state index contributed by atoms with van der Waals surface area (Å²) in [6.07, 6.45) is 0.291. The molecule has 0 radical (unpaired) electrons. The number of rotatable bonds is 2. The van der Waals surface area contributed by atoms with Gasteiger partial charge in [-0.1, -0.05) is 0 Å². The van der Waals surface area contributed by atoms with Crippen molar-refractivity contribution in [3.05, 3.63) is 29.8 Å². The van der Waals surface area contributed by atoms with E-state index in [1.54, 1.807) is 24.3 Å². The van der Waals surface area contributed by atoms with Gasteiger partial charge in [-0.05, 0) is 24.3 Å². The summed E-state index contributed by atoms with van der Waals surface area (Å²) in [5, 5.41) is 12.8. The van der Waals surface area contributed by atoms with E-state index in [1.165, 1.54) is 0 Å². The average Bonchev–Trinajstić information content (AvgIpc) is 2.19. The molecule has 0 atom stereocenters. The van der Waals surface area contributed by atoms with E-state index in [2.05, 4.69) is 5.32 Å². The largest absolute Gasteiger partial charge is 0.325 e. The summed E-state index contributed by atoms with van der Waals surface area (Å²) in [4.78, 5) is 20.7. The van der Waals surface area contributed by atoms with Crippen LogP contribution in [0.1, 0.15) is 5.56 Å². The molecule has 1 aromatic rings. The van der Waals surface area contributed by atoms with Crippen LogP contribution < -0.4 is 10.6 Å². The van der Waals surface area contributed by atoms with Crippen molar-refractivity contribution in [1.29, 1.82) is 5.26 Å². The molecule has 0 aliphatic rings. The lowest BCUT2D eigenvalue weighted by atomic mass is 10.2. The number of anilines is 1. The lowest BCUT2D eigenvalue weighted by Gasteiger charge is -2.02. The smallest absolute Gasteiger partial charge is 0.308 e. The van der Waals surface area contributed by atoms with Crippen LogP contribution >= 0.6 is 0 Å². The van der Waals surface area contributed by atoms with Crippen LogP contribution in [0.5, 0.6) is 0 Å². The van der Waals surface area contributed by atoms with E-state index in [0.717, 1.165) is 0 Å². The van der Waals surface area contributed by atoms with Gasteiger partial charge in [-0.15, -0.1) is 0 Å². The fraction of sp³-hybridized carbons (Fsp3) is 0. The Labute approximate surface area is 80.3 Å². The second-order valence-corrected chi connectivity index (χ2v) is 2.41. The Bertz CT molecular complexity index is 378. The van der Waals surface area contributed by atoms with Gasteiger partial charge in [0.15, 0.2) is 0 Å². The van der Waals surface area contributed by atoms with Crippen LogP contribution in [0.15, 0.2) is 24.3 Å². The molecule has 0 spiro atoms. The first-order valence-electron chi connectivity index (χ1n) is 3.77. The number of carbonyl (C=O) groups is 2. The number of imide groups is 1. The normalized spacial score (nSPS) is 8.50. The van der Waals surface area contributed by atoms with Crippen LogP contribution in [0.4, 0.5) is 10.5 Å². The molecule has 0 aliphatic heterocycles. The standard InChI is InChI=1S/C9H7N3O2/c10-5-7-1-3-8(4-2-7)12-9(14)11-6-13/h1-4,6H,(H2,11,12,13,14). The predicted molar refractivity (Wildman–Crippen MR) is 49.4 cm³/mol. The van der Waals surface area contributed by atoms with Gasteiger partial charge in [0.05, 0.1) is 11.6 Å². The maximum atomic E-state index is 10.8. The van der Waals surface area contributed by atoms with Gasteiger partial charge >= 0.3 is 6.03 Å². The third kappa shape index (κ3) is 2.60. The number of hydrogen-bond donors (Lipinski definition) is 2. The van der Waals surface area contributed by atoms with E-state index in [1.807, 2.05) is 11.4 Å². The van der Waals surface area contributed by atoms with E-state index in [0.29, 0.717) is 17.7 Å². The monoisotopic (exact) mass is 189 g/mol. The molecule has 1 aromatic carbocycles. The average molecular weight is 189 g/mol. The number of nitriles is 1. The van der Waals surface area contributed by atoms with Gasteiger partial charge in [-0.2, -0.15) is 5.26 Å². The Morgan fingerprint density at radius 3 is 2.50 bits per heavy atom. The Kier molecular flexibility index (Phi) is 3.21. The molecule has 0 saturated carbocycles. The highest BCUT2D eigenvalue weighted by atomic mass is 16.2. The molecule has 2 N–H and O–H groups in total. The molecule has 70 valence electrons. The predicted octanol–water partition coefficient (Wildman–Crippen LogP) is 0.836. The molecule has 0 fully saturated rings. The zero-order valence-electron chi connectivity index (χ0n) is 7.15. The van der Waals surface area contributed by atoms with Crippen molar-refractivity contribution in [2.24, 2.45) is 0 Å². The van der Waals surface area contributed by atoms with Crippen molar-refractivity contribution in [3.63, 3.8) is 0 Å². The highest BCUT2D eigenvalue weighted by molar-refractivity contribution is 5.95. The lowest BCUT2D eigenvalue weighted by molar-refractivity contribution is -0.108. The van der Waals surface area contributed by atoms with E-state index < -0.39 is 6.03 Å². The summed E-state index contributed by atoms with van der Waals surface area (Å²) in [6.45, 7) is 0. The summed E-state index contributed by atoms with van der Waals surface area (Å²) >= 11 is 0. The van der Waals surface area contributed by atoms with Gasteiger partial charge in [0.2, 0.25) is 6.41 Å². The number of nitrogens with one attached hydrogen (secondary N) is 2. The lowest BCUT2D eigenvalue weighted by Crippen LogP contribution is -2.26. The Morgan fingerprint density at radius 1 is 1.36 bits per heavy atom. The van der Waals surface area contributed by atoms with Gasteiger partial charge < -0.3 is 5.32 Å². The number of hydrogen-bond acceptors (Lipinski definition) is 3. The van der Waals surface area contributed by atoms with Gasteiger partial charge in [-0.3, -0.25) is 10.1 Å². The highest BCUT2D eigenvalue weighted by Crippen LogP contribution is 2.07. The van der Waals surface area contributed by atoms with E-state index in [4.69, 9.17) is 5.26 Å². The zero-order chi connectivity index (χ0) is 10.4. The maximum Gasteiger partial charge on any atom is 0.325 e. The molecule has 0 aliphatic carbocycles. The molecule has 0 unspecified atom stereocenters. The molecule has 0 heterocycles. The van der Waals surface area contributed by atoms with Crippen LogP contribution in [0.25, 0.3) is 0 Å². The second-order valence-electron chi connectivity index (χ2n) is 2.41. The quantitative estimate of drug-likeness (QED) is 0.676. The summed E-state index contributed by atoms with van der Waals surface area (Å²) in [5.74, 6) is 0. The summed E-state index contributed by atoms with van der Waals surface area (Å²) < 4.78 is 0. The number of benzene rings is 1. The minimum absolute atomic E-state index is 0.291. The fourth-order valence-electron chi connectivity index (χ4n) is 0.849. The first-order valence-corrected chi connectivity index (χ1v) is 3.77. The number of urea groups is 1. The van der Waals surface area contributed by atoms with Gasteiger partial charge in [0.25, 0.3) is 0 Å². The summed E-state index contributed by atoms with van der Waals surface area (Å²) in [6, 6.07) is 7.62. The van der Waals surface area contributed by atoms with Crippen LogP contribution in [0.3, 0.4) is 0 Å². The number of carbonyl (C=O) groups excluding carboxylic acids is 2. The molecule has 1 rings (SSSR count). The Morgan fingerprint density at radius 2 is 2.00 bits per heavy atom. The molecule has 5 nitrogen and oxygen atoms in total. The second kappa shape index (κ2) is 4.62. The molecule has 0 aromatic heterocycles. The summed E-state index contributed by atoms with van der Waals surface area (Å²) in [7, 11) is 0. The molecule has 14 heavy (non-hydrogen) atoms. The van der Waals surface area contributed by atoms with Crippen molar-refractivity contribution in [2.45, 2.75) is 0 Å². The topological polar surface area (TPSA) is 82.0 Å². The maximum absolute atomic E-state index is 10.8. The SMILES string of the molecule is N#Cc1ccc(NC(=O)NC=O)cc1. The van der Waals surface area contributed by atoms with Crippen molar-refractivity contribution in [3.8, 4) is 6.07 Å². The van der Waals surface area contributed by atoms with E-state index in [-0.39, 0.29) is 0 Å². The van der Waals surface area contributed by atoms with Crippen molar-refractivity contribution in [1.82, 2.24) is 5.32 Å². The molecule has 3 amide bonds. The first kappa shape index (κ1) is 9.74. The van der Waals surface area contributed by atoms with Gasteiger partial charge in [0, 0.05) is 5.69 Å². The molecular weight excluding hydrogens is 182 g/mol. The minimum Gasteiger partial charge on any atom is -0.308 e. The van der Waals surface area contributed by atoms with Gasteiger partial charge in [0.1, 0.15) is 0 Å². The molecule has 5 heteroatoms. The Balaban J connectivity index is 2.65. The minimum atomic E-state index is -0.607. The van der Waals surface area contributed by atoms with Crippen molar-refractivity contribution < 1.29 is 9.59 Å². The van der Waals surface area contributed by atoms with Crippen LogP contribution in [0.2, 0.25) is 0 Å². The first-order chi connectivity index (χ1) is 6.76. The third-order valence-corrected chi connectivity index (χ3v) is 1.46. The summed E-state index contributed by atoms with van der Waals surface area (Å²) in [5.41, 5.74) is 1.02. The molecular formula is C9H7N3O2. The van der Waals surface area contributed by atoms with Crippen molar-refractivity contribution in [2.75, 3.05) is 5.32 Å². The highest BCUT2D eigenvalue weighted by Gasteiger charge is 1.98. The van der Waals surface area contributed by atoms with Crippen LogP contribution in [0, 0.1) is 11.3 Å². The number of amides is 3. The fourth-order valence-corrected chi connectivity index (χ4v) is 0.849. The van der Waals surface area contributed by atoms with Crippen LogP contribution in [-0.4, -0.2) is 12.4 Å². The van der Waals surface area contributed by atoms with Gasteiger partial charge in [-0.25, -0.2) is 4.79 Å². The third-order valence-electron chi connectivity index (χ3n) is 1.46. The number of nitrogens with zero attached hydrogens (tertiary/aromatic N) is 1. The Hall–Kier alpha value is -2.35. The van der Waals surface area contributed by atoms with E-state index in [9.17, 15) is 9.59 Å². The van der Waals surface area contributed by atoms with Crippen LogP contribution in [-0.2, 0) is 4.79 Å². The molecule has 0 bridgehead atoms. The molecule has 0 saturated heterocycles. The zero-order valence-corrected chi connectivity index (χ0v) is 7.15. The van der Waals surface area contributed by atoms with E-state index >= 15 is 0 Å².